The maximum absolute atomic E-state index is 13.1. The number of H-pyrrole nitrogens is 1. The zero-order valence-electron chi connectivity index (χ0n) is 15.2. The Bertz CT molecular complexity index is 889. The minimum Gasteiger partial charge on any atom is -0.354 e. The van der Waals surface area contributed by atoms with Crippen LogP contribution in [0.5, 0.6) is 0 Å². The predicted octanol–water partition coefficient (Wildman–Crippen LogP) is 2.07. The van der Waals surface area contributed by atoms with Crippen LogP contribution in [0.25, 0.3) is 0 Å². The molecule has 0 saturated heterocycles. The van der Waals surface area contributed by atoms with Crippen molar-refractivity contribution in [2.45, 2.75) is 32.6 Å². The highest BCUT2D eigenvalue weighted by Gasteiger charge is 2.26. The van der Waals surface area contributed by atoms with Gasteiger partial charge in [0.25, 0.3) is 5.91 Å². The number of amides is 2. The standard InChI is InChI=1S/C20H22FN3O3/c1-12-18-15(6-3-7-16(18)25)24-19(12)20(27)23-9-8-22-17(26)11-13-4-2-5-14(21)10-13/h2,4-5,10,24H,3,6-9,11H2,1H3,(H,22,26)(H,23,27). The lowest BCUT2D eigenvalue weighted by Gasteiger charge is -2.09. The Balaban J connectivity index is 1.47. The highest BCUT2D eigenvalue weighted by molar-refractivity contribution is 6.04. The lowest BCUT2D eigenvalue weighted by atomic mass is 9.94. The number of Topliss-reactive ketones (excluding diaryl/α,β-unsaturated/α-hetero) is 1. The number of fused-ring (bicyclic) bond motifs is 1. The van der Waals surface area contributed by atoms with Gasteiger partial charge in [0.05, 0.1) is 6.42 Å². The van der Waals surface area contributed by atoms with Crippen molar-refractivity contribution in [3.8, 4) is 0 Å². The van der Waals surface area contributed by atoms with Gasteiger partial charge in [0.2, 0.25) is 5.91 Å². The van der Waals surface area contributed by atoms with Gasteiger partial charge in [0.1, 0.15) is 11.5 Å². The van der Waals surface area contributed by atoms with Gasteiger partial charge in [-0.3, -0.25) is 14.4 Å². The first-order valence-corrected chi connectivity index (χ1v) is 8.99. The average molecular weight is 371 g/mol. The summed E-state index contributed by atoms with van der Waals surface area (Å²) >= 11 is 0. The van der Waals surface area contributed by atoms with Crippen LogP contribution in [0.3, 0.4) is 0 Å². The largest absolute Gasteiger partial charge is 0.354 e. The molecule has 3 N–H and O–H groups in total. The van der Waals surface area contributed by atoms with Crippen LogP contribution in [0.15, 0.2) is 24.3 Å². The van der Waals surface area contributed by atoms with Crippen molar-refractivity contribution in [2.24, 2.45) is 0 Å². The average Bonchev–Trinajstić information content (AvgIpc) is 2.97. The molecule has 0 fully saturated rings. The van der Waals surface area contributed by atoms with Crippen LogP contribution in [-0.2, 0) is 17.6 Å². The molecule has 1 aromatic carbocycles. The molecule has 0 atom stereocenters. The number of benzene rings is 1. The summed E-state index contributed by atoms with van der Waals surface area (Å²) in [4.78, 5) is 39.3. The molecule has 1 heterocycles. The predicted molar refractivity (Wildman–Crippen MR) is 98.2 cm³/mol. The van der Waals surface area contributed by atoms with Gasteiger partial charge in [-0.15, -0.1) is 0 Å². The van der Waals surface area contributed by atoms with Crippen LogP contribution in [-0.4, -0.2) is 35.7 Å². The highest BCUT2D eigenvalue weighted by Crippen LogP contribution is 2.26. The number of rotatable bonds is 6. The van der Waals surface area contributed by atoms with Crippen LogP contribution in [0.2, 0.25) is 0 Å². The summed E-state index contributed by atoms with van der Waals surface area (Å²) in [5.41, 5.74) is 3.16. The fourth-order valence-corrected chi connectivity index (χ4v) is 3.36. The molecular weight excluding hydrogens is 349 g/mol. The van der Waals surface area contributed by atoms with Gasteiger partial charge >= 0.3 is 0 Å². The Labute approximate surface area is 156 Å². The minimum atomic E-state index is -0.380. The molecule has 27 heavy (non-hydrogen) atoms. The van der Waals surface area contributed by atoms with Gasteiger partial charge in [-0.2, -0.15) is 0 Å². The number of aromatic amines is 1. The van der Waals surface area contributed by atoms with Crippen LogP contribution >= 0.6 is 0 Å². The van der Waals surface area contributed by atoms with Crippen molar-refractivity contribution in [1.82, 2.24) is 15.6 Å². The van der Waals surface area contributed by atoms with E-state index in [0.717, 1.165) is 18.5 Å². The van der Waals surface area contributed by atoms with E-state index < -0.39 is 0 Å². The summed E-state index contributed by atoms with van der Waals surface area (Å²) in [5.74, 6) is -0.843. The van der Waals surface area contributed by atoms with Crippen molar-refractivity contribution in [2.75, 3.05) is 13.1 Å². The Morgan fingerprint density at radius 1 is 1.19 bits per heavy atom. The maximum Gasteiger partial charge on any atom is 0.268 e. The molecule has 1 aromatic heterocycles. The van der Waals surface area contributed by atoms with Crippen molar-refractivity contribution in [3.63, 3.8) is 0 Å². The molecule has 3 rings (SSSR count). The number of hydrogen-bond acceptors (Lipinski definition) is 3. The highest BCUT2D eigenvalue weighted by atomic mass is 19.1. The number of aromatic nitrogens is 1. The molecule has 142 valence electrons. The van der Waals surface area contributed by atoms with Gasteiger partial charge in [-0.1, -0.05) is 12.1 Å². The summed E-state index contributed by atoms with van der Waals surface area (Å²) < 4.78 is 13.1. The summed E-state index contributed by atoms with van der Waals surface area (Å²) in [6.07, 6.45) is 2.16. The molecule has 0 saturated carbocycles. The number of aryl methyl sites for hydroxylation is 1. The second kappa shape index (κ2) is 8.16. The first kappa shape index (κ1) is 18.8. The van der Waals surface area contributed by atoms with Gasteiger partial charge in [-0.25, -0.2) is 4.39 Å². The molecule has 6 nitrogen and oxygen atoms in total. The third-order valence-electron chi connectivity index (χ3n) is 4.65. The third kappa shape index (κ3) is 4.42. The number of hydrogen-bond donors (Lipinski definition) is 3. The van der Waals surface area contributed by atoms with E-state index in [1.165, 1.54) is 12.1 Å². The van der Waals surface area contributed by atoms with Crippen molar-refractivity contribution in [1.29, 1.82) is 0 Å². The van der Waals surface area contributed by atoms with Crippen molar-refractivity contribution in [3.05, 3.63) is 58.2 Å². The van der Waals surface area contributed by atoms with E-state index in [1.54, 1.807) is 19.1 Å². The van der Waals surface area contributed by atoms with E-state index in [2.05, 4.69) is 15.6 Å². The molecule has 2 aromatic rings. The summed E-state index contributed by atoms with van der Waals surface area (Å²) in [6, 6.07) is 5.88. The van der Waals surface area contributed by atoms with Gasteiger partial charge in [0, 0.05) is 30.8 Å². The van der Waals surface area contributed by atoms with Gasteiger partial charge in [-0.05, 0) is 43.0 Å². The Kier molecular flexibility index (Phi) is 5.69. The second-order valence-corrected chi connectivity index (χ2v) is 6.67. The fourth-order valence-electron chi connectivity index (χ4n) is 3.36. The van der Waals surface area contributed by atoms with Crippen LogP contribution in [0.4, 0.5) is 4.39 Å². The third-order valence-corrected chi connectivity index (χ3v) is 4.65. The first-order valence-electron chi connectivity index (χ1n) is 8.99. The number of carbonyl (C=O) groups excluding carboxylic acids is 3. The number of halogens is 1. The SMILES string of the molecule is Cc1c(C(=O)NCCNC(=O)Cc2cccc(F)c2)[nH]c2c1C(=O)CCC2. The monoisotopic (exact) mass is 371 g/mol. The Morgan fingerprint density at radius 2 is 1.96 bits per heavy atom. The lowest BCUT2D eigenvalue weighted by Crippen LogP contribution is -2.35. The van der Waals surface area contributed by atoms with E-state index in [9.17, 15) is 18.8 Å². The van der Waals surface area contributed by atoms with Crippen LogP contribution < -0.4 is 10.6 Å². The van der Waals surface area contributed by atoms with E-state index in [1.807, 2.05) is 0 Å². The molecule has 0 bridgehead atoms. The molecule has 0 radical (unpaired) electrons. The molecule has 1 aliphatic rings. The van der Waals surface area contributed by atoms with Crippen molar-refractivity contribution >= 4 is 17.6 Å². The van der Waals surface area contributed by atoms with E-state index >= 15 is 0 Å². The Morgan fingerprint density at radius 3 is 2.70 bits per heavy atom. The van der Waals surface area contributed by atoms with Gasteiger partial charge < -0.3 is 15.6 Å². The topological polar surface area (TPSA) is 91.1 Å². The molecular formula is C20H22FN3O3. The van der Waals surface area contributed by atoms with E-state index in [0.29, 0.717) is 28.8 Å². The quantitative estimate of drug-likeness (QED) is 0.679. The van der Waals surface area contributed by atoms with E-state index in [-0.39, 0.29) is 42.9 Å². The molecule has 0 spiro atoms. The molecule has 2 amide bonds. The van der Waals surface area contributed by atoms with E-state index in [4.69, 9.17) is 0 Å². The summed E-state index contributed by atoms with van der Waals surface area (Å²) in [6.45, 7) is 2.29. The number of ketones is 1. The van der Waals surface area contributed by atoms with Crippen LogP contribution in [0.1, 0.15) is 50.5 Å². The molecule has 0 unspecified atom stereocenters. The number of nitrogens with one attached hydrogen (secondary N) is 3. The first-order chi connectivity index (χ1) is 13.0. The zero-order valence-corrected chi connectivity index (χ0v) is 15.2. The Hall–Kier alpha value is -2.96. The fraction of sp³-hybridized carbons (Fsp3) is 0.350. The number of carbonyl (C=O) groups is 3. The smallest absolute Gasteiger partial charge is 0.268 e. The molecule has 7 heteroatoms. The lowest BCUT2D eigenvalue weighted by molar-refractivity contribution is -0.120. The maximum atomic E-state index is 13.1. The minimum absolute atomic E-state index is 0.0775. The molecule has 1 aliphatic carbocycles. The normalized spacial score (nSPS) is 13.2. The summed E-state index contributed by atoms with van der Waals surface area (Å²) in [5, 5.41) is 5.42. The molecule has 0 aliphatic heterocycles. The van der Waals surface area contributed by atoms with Crippen LogP contribution in [0, 0.1) is 12.7 Å². The van der Waals surface area contributed by atoms with Gasteiger partial charge in [0.15, 0.2) is 5.78 Å². The zero-order chi connectivity index (χ0) is 19.4. The second-order valence-electron chi connectivity index (χ2n) is 6.67. The summed E-state index contributed by atoms with van der Waals surface area (Å²) in [7, 11) is 0. The van der Waals surface area contributed by atoms with Crippen molar-refractivity contribution < 1.29 is 18.8 Å².